The number of nitrogens with one attached hydrogen (secondary N) is 3. The van der Waals surface area contributed by atoms with E-state index in [1.807, 2.05) is 4.72 Å². The van der Waals surface area contributed by atoms with Gasteiger partial charge >= 0.3 is 0 Å². The van der Waals surface area contributed by atoms with Crippen molar-refractivity contribution in [1.82, 2.24) is 20.3 Å². The third-order valence-electron chi connectivity index (χ3n) is 4.92. The van der Waals surface area contributed by atoms with E-state index < -0.39 is 27.7 Å². The molecular formula is C24H23FN4O6S. The predicted octanol–water partition coefficient (Wildman–Crippen LogP) is 1.03. The molecule has 0 aliphatic rings. The molecule has 0 fully saturated rings. The van der Waals surface area contributed by atoms with E-state index in [1.165, 1.54) is 48.5 Å². The third-order valence-corrected chi connectivity index (χ3v) is 6.27. The van der Waals surface area contributed by atoms with E-state index in [-0.39, 0.29) is 41.8 Å². The number of nitrogens with zero attached hydrogens (tertiary/aromatic N) is 1. The van der Waals surface area contributed by atoms with Crippen molar-refractivity contribution < 1.29 is 32.3 Å². The zero-order valence-electron chi connectivity index (χ0n) is 18.9. The van der Waals surface area contributed by atoms with Crippen LogP contribution in [0.1, 0.15) is 36.8 Å². The van der Waals surface area contributed by atoms with Gasteiger partial charge < -0.3 is 15.7 Å². The van der Waals surface area contributed by atoms with Gasteiger partial charge in [-0.1, -0.05) is 12.1 Å². The molecule has 4 N–H and O–H groups in total. The van der Waals surface area contributed by atoms with Crippen LogP contribution in [0.3, 0.4) is 0 Å². The number of aliphatic hydroxyl groups excluding tert-OH is 1. The minimum absolute atomic E-state index is 0.00676. The molecule has 3 amide bonds. The summed E-state index contributed by atoms with van der Waals surface area (Å²) >= 11 is 0. The summed E-state index contributed by atoms with van der Waals surface area (Å²) in [6.45, 7) is 0.0869. The van der Waals surface area contributed by atoms with Gasteiger partial charge in [-0.2, -0.15) is 0 Å². The standard InChI is InChI=1S/C24H23FN4O6S/c25-19-6-3-17(4-7-19)22(31)26-12-11-16-1-8-20(9-2-16)36(34,35)29-23(32)18-5-10-21(28-15-18)24(33)27-13-14-30/h1-10,15,30H,11-14H2,(H,26,31)(H,27,33)(H,29,32). The van der Waals surface area contributed by atoms with Gasteiger partial charge in [-0.3, -0.25) is 19.4 Å². The molecule has 12 heteroatoms. The molecule has 3 rings (SSSR count). The number of aromatic nitrogens is 1. The van der Waals surface area contributed by atoms with E-state index >= 15 is 0 Å². The smallest absolute Gasteiger partial charge is 0.269 e. The topological polar surface area (TPSA) is 155 Å². The van der Waals surface area contributed by atoms with Crippen LogP contribution in [0.5, 0.6) is 0 Å². The molecule has 36 heavy (non-hydrogen) atoms. The summed E-state index contributed by atoms with van der Waals surface area (Å²) in [5.41, 5.74) is 1.01. The Balaban J connectivity index is 1.54. The molecular weight excluding hydrogens is 491 g/mol. The minimum Gasteiger partial charge on any atom is -0.395 e. The van der Waals surface area contributed by atoms with E-state index in [0.717, 1.165) is 11.8 Å². The highest BCUT2D eigenvalue weighted by atomic mass is 32.2. The van der Waals surface area contributed by atoms with E-state index in [0.29, 0.717) is 12.0 Å². The molecule has 1 heterocycles. The van der Waals surface area contributed by atoms with Crippen LogP contribution >= 0.6 is 0 Å². The highest BCUT2D eigenvalue weighted by molar-refractivity contribution is 7.90. The molecule has 188 valence electrons. The summed E-state index contributed by atoms with van der Waals surface area (Å²) in [6.07, 6.45) is 1.49. The highest BCUT2D eigenvalue weighted by Gasteiger charge is 2.19. The Labute approximate surface area is 206 Å². The molecule has 0 aliphatic heterocycles. The van der Waals surface area contributed by atoms with Crippen molar-refractivity contribution in [3.63, 3.8) is 0 Å². The lowest BCUT2D eigenvalue weighted by molar-refractivity contribution is 0.0934. The first-order chi connectivity index (χ1) is 17.2. The zero-order chi connectivity index (χ0) is 26.1. The van der Waals surface area contributed by atoms with Crippen LogP contribution in [-0.2, 0) is 16.4 Å². The quantitative estimate of drug-likeness (QED) is 0.315. The summed E-state index contributed by atoms with van der Waals surface area (Å²) in [7, 11) is -4.17. The monoisotopic (exact) mass is 514 g/mol. The van der Waals surface area contributed by atoms with Crippen LogP contribution in [0, 0.1) is 5.82 Å². The zero-order valence-corrected chi connectivity index (χ0v) is 19.7. The van der Waals surface area contributed by atoms with Crippen LogP contribution < -0.4 is 15.4 Å². The number of benzene rings is 2. The fourth-order valence-electron chi connectivity index (χ4n) is 3.02. The maximum absolute atomic E-state index is 13.0. The maximum Gasteiger partial charge on any atom is 0.269 e. The van der Waals surface area contributed by atoms with Crippen LogP contribution in [-0.4, -0.2) is 55.9 Å². The van der Waals surface area contributed by atoms with Gasteiger partial charge in [-0.05, 0) is 60.5 Å². The van der Waals surface area contributed by atoms with Crippen molar-refractivity contribution >= 4 is 27.7 Å². The van der Waals surface area contributed by atoms with E-state index in [1.54, 1.807) is 12.1 Å². The Morgan fingerprint density at radius 1 is 0.806 bits per heavy atom. The van der Waals surface area contributed by atoms with Gasteiger partial charge in [0, 0.05) is 24.8 Å². The number of rotatable bonds is 10. The van der Waals surface area contributed by atoms with Gasteiger partial charge in [0.05, 0.1) is 17.1 Å². The van der Waals surface area contributed by atoms with Gasteiger partial charge in [-0.15, -0.1) is 0 Å². The molecule has 10 nitrogen and oxygen atoms in total. The predicted molar refractivity (Wildman–Crippen MR) is 127 cm³/mol. The van der Waals surface area contributed by atoms with Crippen molar-refractivity contribution in [2.75, 3.05) is 19.7 Å². The summed E-state index contributed by atoms with van der Waals surface area (Å²) in [5, 5.41) is 13.8. The number of carbonyl (C=O) groups excluding carboxylic acids is 3. The first-order valence-electron chi connectivity index (χ1n) is 10.7. The first kappa shape index (κ1) is 26.4. The van der Waals surface area contributed by atoms with Gasteiger partial charge in [0.15, 0.2) is 0 Å². The number of amides is 3. The highest BCUT2D eigenvalue weighted by Crippen LogP contribution is 2.12. The van der Waals surface area contributed by atoms with E-state index in [2.05, 4.69) is 15.6 Å². The molecule has 0 radical (unpaired) electrons. The summed E-state index contributed by atoms with van der Waals surface area (Å²) in [6, 6.07) is 13.4. The van der Waals surface area contributed by atoms with Crippen LogP contribution in [0.15, 0.2) is 71.8 Å². The number of aliphatic hydroxyl groups is 1. The third kappa shape index (κ3) is 7.17. The Kier molecular flexibility index (Phi) is 8.81. The largest absolute Gasteiger partial charge is 0.395 e. The minimum atomic E-state index is -4.17. The molecule has 0 aliphatic carbocycles. The lowest BCUT2D eigenvalue weighted by Gasteiger charge is -2.09. The second-order valence-electron chi connectivity index (χ2n) is 7.50. The molecule has 0 atom stereocenters. The maximum atomic E-state index is 13.0. The normalized spacial score (nSPS) is 10.9. The SMILES string of the molecule is O=C(NCCc1ccc(S(=O)(=O)NC(=O)c2ccc(C(=O)NCCO)nc2)cc1)c1ccc(F)cc1. The number of hydrogen-bond donors (Lipinski definition) is 4. The molecule has 3 aromatic rings. The number of pyridine rings is 1. The number of sulfonamides is 1. The molecule has 0 unspecified atom stereocenters. The molecule has 0 saturated heterocycles. The Bertz CT molecular complexity index is 1330. The Morgan fingerprint density at radius 2 is 1.44 bits per heavy atom. The van der Waals surface area contributed by atoms with Crippen molar-refractivity contribution in [3.8, 4) is 0 Å². The van der Waals surface area contributed by atoms with Crippen molar-refractivity contribution in [2.45, 2.75) is 11.3 Å². The molecule has 1 aromatic heterocycles. The van der Waals surface area contributed by atoms with Crippen molar-refractivity contribution in [3.05, 3.63) is 95.1 Å². The fraction of sp³-hybridized carbons (Fsp3) is 0.167. The van der Waals surface area contributed by atoms with Crippen LogP contribution in [0.4, 0.5) is 4.39 Å². The average molecular weight is 515 g/mol. The second-order valence-corrected chi connectivity index (χ2v) is 9.19. The number of hydrogen-bond acceptors (Lipinski definition) is 7. The van der Waals surface area contributed by atoms with Gasteiger partial charge in [0.1, 0.15) is 11.5 Å². The fourth-order valence-corrected chi connectivity index (χ4v) is 4.00. The number of halogens is 1. The van der Waals surface area contributed by atoms with Gasteiger partial charge in [0.25, 0.3) is 27.7 Å². The lowest BCUT2D eigenvalue weighted by atomic mass is 10.1. The summed E-state index contributed by atoms with van der Waals surface area (Å²) in [5.74, 6) is -2.26. The molecule has 0 bridgehead atoms. The van der Waals surface area contributed by atoms with Crippen LogP contribution in [0.25, 0.3) is 0 Å². The Hall–Kier alpha value is -4.16. The first-order valence-corrected chi connectivity index (χ1v) is 12.2. The van der Waals surface area contributed by atoms with Crippen molar-refractivity contribution in [2.24, 2.45) is 0 Å². The average Bonchev–Trinajstić information content (AvgIpc) is 2.87. The molecule has 2 aromatic carbocycles. The van der Waals surface area contributed by atoms with Crippen molar-refractivity contribution in [1.29, 1.82) is 0 Å². The number of carbonyl (C=O) groups is 3. The second kappa shape index (κ2) is 12.0. The lowest BCUT2D eigenvalue weighted by Crippen LogP contribution is -2.31. The van der Waals surface area contributed by atoms with E-state index in [9.17, 15) is 27.2 Å². The van der Waals surface area contributed by atoms with Gasteiger partial charge in [-0.25, -0.2) is 17.5 Å². The Morgan fingerprint density at radius 3 is 2.06 bits per heavy atom. The van der Waals surface area contributed by atoms with E-state index in [4.69, 9.17) is 5.11 Å². The van der Waals surface area contributed by atoms with Gasteiger partial charge in [0.2, 0.25) is 0 Å². The van der Waals surface area contributed by atoms with Crippen LogP contribution in [0.2, 0.25) is 0 Å². The molecule has 0 saturated carbocycles. The summed E-state index contributed by atoms with van der Waals surface area (Å²) < 4.78 is 40.1. The summed E-state index contributed by atoms with van der Waals surface area (Å²) in [4.78, 5) is 39.9. The molecule has 0 spiro atoms.